The molecular weight excluding hydrogens is 259 g/mol. The molecule has 1 saturated heterocycles. The Morgan fingerprint density at radius 1 is 1.16 bits per heavy atom. The molecular formula is C12H24F3N3O. The lowest BCUT2D eigenvalue weighted by molar-refractivity contribution is -0.151. The largest absolute Gasteiger partial charge is 0.401 e. The number of hydrogen-bond donors (Lipinski definition) is 1. The summed E-state index contributed by atoms with van der Waals surface area (Å²) in [7, 11) is 0. The summed E-state index contributed by atoms with van der Waals surface area (Å²) in [5.41, 5.74) is 5.51. The number of hydrogen-bond acceptors (Lipinski definition) is 4. The van der Waals surface area contributed by atoms with Crippen LogP contribution in [-0.2, 0) is 4.74 Å². The molecule has 1 aliphatic heterocycles. The zero-order valence-corrected chi connectivity index (χ0v) is 11.7. The van der Waals surface area contributed by atoms with Gasteiger partial charge in [0.25, 0.3) is 0 Å². The minimum atomic E-state index is -4.12. The van der Waals surface area contributed by atoms with Crippen molar-refractivity contribution in [2.75, 3.05) is 52.5 Å². The van der Waals surface area contributed by atoms with Crippen molar-refractivity contribution in [3.05, 3.63) is 0 Å². The first-order valence-corrected chi connectivity index (χ1v) is 6.63. The molecule has 0 aromatic rings. The van der Waals surface area contributed by atoms with E-state index in [0.29, 0.717) is 45.9 Å². The number of ether oxygens (including phenoxy) is 1. The van der Waals surface area contributed by atoms with Crippen LogP contribution in [0.2, 0.25) is 0 Å². The second-order valence-electron chi connectivity index (χ2n) is 5.22. The summed E-state index contributed by atoms with van der Waals surface area (Å²) in [5, 5.41) is 0. The fraction of sp³-hybridized carbons (Fsp3) is 1.00. The topological polar surface area (TPSA) is 41.7 Å². The van der Waals surface area contributed by atoms with Gasteiger partial charge in [-0.05, 0) is 13.8 Å². The summed E-state index contributed by atoms with van der Waals surface area (Å²) in [5.74, 6) is 0. The molecule has 0 spiro atoms. The maximum Gasteiger partial charge on any atom is 0.401 e. The maximum atomic E-state index is 12.3. The van der Waals surface area contributed by atoms with Crippen LogP contribution >= 0.6 is 0 Å². The predicted molar refractivity (Wildman–Crippen MR) is 68.0 cm³/mol. The Labute approximate surface area is 112 Å². The van der Waals surface area contributed by atoms with E-state index in [0.717, 1.165) is 0 Å². The summed E-state index contributed by atoms with van der Waals surface area (Å²) < 4.78 is 42.4. The lowest BCUT2D eigenvalue weighted by atomic mass is 10.00. The van der Waals surface area contributed by atoms with E-state index < -0.39 is 12.7 Å². The number of rotatable bonds is 6. The smallest absolute Gasteiger partial charge is 0.380 e. The zero-order valence-electron chi connectivity index (χ0n) is 11.7. The van der Waals surface area contributed by atoms with E-state index in [9.17, 15) is 13.2 Å². The number of nitrogens with zero attached hydrogens (tertiary/aromatic N) is 2. The third-order valence-corrected chi connectivity index (χ3v) is 3.60. The lowest BCUT2D eigenvalue weighted by Crippen LogP contribution is -2.61. The van der Waals surface area contributed by atoms with Crippen LogP contribution in [0.4, 0.5) is 13.2 Å². The Balaban J connectivity index is 2.47. The molecule has 4 nitrogen and oxygen atoms in total. The SMILES string of the molecule is CCOCC(C)(CN)N1CCN(CC(F)(F)F)CC1. The fourth-order valence-electron chi connectivity index (χ4n) is 2.30. The maximum absolute atomic E-state index is 12.3. The third-order valence-electron chi connectivity index (χ3n) is 3.60. The summed E-state index contributed by atoms with van der Waals surface area (Å²) in [6.07, 6.45) is -4.12. The molecule has 1 heterocycles. The molecule has 1 unspecified atom stereocenters. The van der Waals surface area contributed by atoms with Crippen LogP contribution in [-0.4, -0.2) is 74.0 Å². The van der Waals surface area contributed by atoms with Gasteiger partial charge < -0.3 is 10.5 Å². The van der Waals surface area contributed by atoms with E-state index in [2.05, 4.69) is 4.90 Å². The van der Waals surface area contributed by atoms with Gasteiger partial charge in [0.05, 0.1) is 18.7 Å². The summed E-state index contributed by atoms with van der Waals surface area (Å²) in [6.45, 7) is 6.68. The average molecular weight is 283 g/mol. The Bertz CT molecular complexity index is 267. The molecule has 1 aliphatic rings. The van der Waals surface area contributed by atoms with Gasteiger partial charge in [0.1, 0.15) is 0 Å². The molecule has 0 radical (unpaired) electrons. The Morgan fingerprint density at radius 2 is 1.74 bits per heavy atom. The van der Waals surface area contributed by atoms with Crippen molar-refractivity contribution >= 4 is 0 Å². The van der Waals surface area contributed by atoms with Gasteiger partial charge in [-0.2, -0.15) is 13.2 Å². The molecule has 0 aliphatic carbocycles. The quantitative estimate of drug-likeness (QED) is 0.787. The summed E-state index contributed by atoms with van der Waals surface area (Å²) >= 11 is 0. The van der Waals surface area contributed by atoms with Crippen molar-refractivity contribution in [1.29, 1.82) is 0 Å². The average Bonchev–Trinajstić information content (AvgIpc) is 2.35. The molecule has 2 N–H and O–H groups in total. The van der Waals surface area contributed by atoms with E-state index in [1.807, 2.05) is 13.8 Å². The molecule has 1 fully saturated rings. The van der Waals surface area contributed by atoms with Gasteiger partial charge in [-0.15, -0.1) is 0 Å². The number of piperazine rings is 1. The van der Waals surface area contributed by atoms with Crippen LogP contribution in [0.15, 0.2) is 0 Å². The molecule has 7 heteroatoms. The zero-order chi connectivity index (χ0) is 14.5. The van der Waals surface area contributed by atoms with E-state index >= 15 is 0 Å². The summed E-state index contributed by atoms with van der Waals surface area (Å²) in [6, 6.07) is 0. The standard InChI is InChI=1S/C12H24F3N3O/c1-3-19-10-11(2,8-16)18-6-4-17(5-7-18)9-12(13,14)15/h3-10,16H2,1-2H3. The molecule has 0 aromatic carbocycles. The lowest BCUT2D eigenvalue weighted by Gasteiger charge is -2.45. The van der Waals surface area contributed by atoms with Gasteiger partial charge in [-0.1, -0.05) is 0 Å². The highest BCUT2D eigenvalue weighted by Crippen LogP contribution is 2.21. The fourth-order valence-corrected chi connectivity index (χ4v) is 2.30. The van der Waals surface area contributed by atoms with Crippen LogP contribution in [0.25, 0.3) is 0 Å². The van der Waals surface area contributed by atoms with Crippen molar-refractivity contribution in [3.8, 4) is 0 Å². The van der Waals surface area contributed by atoms with Crippen molar-refractivity contribution in [2.24, 2.45) is 5.73 Å². The van der Waals surface area contributed by atoms with Crippen molar-refractivity contribution in [2.45, 2.75) is 25.6 Å². The number of alkyl halides is 3. The number of halogens is 3. The highest BCUT2D eigenvalue weighted by molar-refractivity contribution is 4.90. The van der Waals surface area contributed by atoms with E-state index in [-0.39, 0.29) is 5.54 Å². The Morgan fingerprint density at radius 3 is 2.16 bits per heavy atom. The molecule has 19 heavy (non-hydrogen) atoms. The van der Waals surface area contributed by atoms with E-state index in [1.54, 1.807) is 0 Å². The van der Waals surface area contributed by atoms with Crippen LogP contribution in [0.5, 0.6) is 0 Å². The molecule has 0 aromatic heterocycles. The van der Waals surface area contributed by atoms with E-state index in [4.69, 9.17) is 10.5 Å². The minimum absolute atomic E-state index is 0.291. The first-order valence-electron chi connectivity index (χ1n) is 6.63. The molecule has 1 atom stereocenters. The highest BCUT2D eigenvalue weighted by Gasteiger charge is 2.36. The van der Waals surface area contributed by atoms with Gasteiger partial charge in [-0.25, -0.2) is 0 Å². The number of nitrogens with two attached hydrogens (primary N) is 1. The Kier molecular flexibility index (Phi) is 6.04. The molecule has 0 amide bonds. The predicted octanol–water partition coefficient (Wildman–Crippen LogP) is 0.920. The molecule has 114 valence electrons. The van der Waals surface area contributed by atoms with Crippen molar-refractivity contribution < 1.29 is 17.9 Å². The second-order valence-corrected chi connectivity index (χ2v) is 5.22. The van der Waals surface area contributed by atoms with Gasteiger partial charge in [0, 0.05) is 39.3 Å². The van der Waals surface area contributed by atoms with Crippen LogP contribution in [0.1, 0.15) is 13.8 Å². The van der Waals surface area contributed by atoms with E-state index in [1.165, 1.54) is 4.90 Å². The molecule has 0 bridgehead atoms. The van der Waals surface area contributed by atoms with Crippen molar-refractivity contribution in [1.82, 2.24) is 9.80 Å². The van der Waals surface area contributed by atoms with Crippen molar-refractivity contribution in [3.63, 3.8) is 0 Å². The second kappa shape index (κ2) is 6.88. The third kappa shape index (κ3) is 5.25. The van der Waals surface area contributed by atoms with Gasteiger partial charge in [0.15, 0.2) is 0 Å². The molecule has 1 rings (SSSR count). The summed E-state index contributed by atoms with van der Waals surface area (Å²) in [4.78, 5) is 3.57. The van der Waals surface area contributed by atoms with Crippen LogP contribution < -0.4 is 5.73 Å². The Hall–Kier alpha value is -0.370. The monoisotopic (exact) mass is 283 g/mol. The normalized spacial score (nSPS) is 22.4. The first-order chi connectivity index (χ1) is 8.80. The van der Waals surface area contributed by atoms with Gasteiger partial charge in [-0.3, -0.25) is 9.80 Å². The van der Waals surface area contributed by atoms with Gasteiger partial charge in [0.2, 0.25) is 0 Å². The minimum Gasteiger partial charge on any atom is -0.380 e. The van der Waals surface area contributed by atoms with Crippen LogP contribution in [0.3, 0.4) is 0 Å². The molecule has 0 saturated carbocycles. The highest BCUT2D eigenvalue weighted by atomic mass is 19.4. The van der Waals surface area contributed by atoms with Gasteiger partial charge >= 0.3 is 6.18 Å². The van der Waals surface area contributed by atoms with Crippen LogP contribution in [0, 0.1) is 0 Å². The first kappa shape index (κ1) is 16.7.